The number of hydrogen-bond acceptors (Lipinski definition) is 1. The SMILES string of the molecule is C1=CCCC2OC2C/C=C\CC1. The Bertz CT molecular complexity index is 193. The first-order valence-corrected chi connectivity index (χ1v) is 4.92. The highest BCUT2D eigenvalue weighted by molar-refractivity contribution is 4.97. The molecule has 0 aromatic heterocycles. The minimum atomic E-state index is 0.549. The van der Waals surface area contributed by atoms with E-state index in [4.69, 9.17) is 4.74 Å². The second-order valence-electron chi connectivity index (χ2n) is 3.55. The average molecular weight is 164 g/mol. The maximum atomic E-state index is 5.50. The van der Waals surface area contributed by atoms with Crippen molar-refractivity contribution in [1.82, 2.24) is 0 Å². The second-order valence-corrected chi connectivity index (χ2v) is 3.55. The van der Waals surface area contributed by atoms with Crippen molar-refractivity contribution in [2.24, 2.45) is 0 Å². The molecule has 0 radical (unpaired) electrons. The standard InChI is InChI=1S/C11H16O/c1-2-4-6-8-10-11(12-10)9-7-5-3-1/h2,4-5,7,10-11H,1,3,6,8-9H2/b4-2?,7-5-. The third kappa shape index (κ3) is 2.21. The maximum absolute atomic E-state index is 5.50. The summed E-state index contributed by atoms with van der Waals surface area (Å²) in [4.78, 5) is 0. The minimum absolute atomic E-state index is 0.549. The summed E-state index contributed by atoms with van der Waals surface area (Å²) in [5, 5.41) is 0. The number of epoxide rings is 1. The molecule has 2 atom stereocenters. The fraction of sp³-hybridized carbons (Fsp3) is 0.636. The number of hydrogen-bond donors (Lipinski definition) is 0. The van der Waals surface area contributed by atoms with Gasteiger partial charge < -0.3 is 4.74 Å². The first-order valence-electron chi connectivity index (χ1n) is 4.92. The van der Waals surface area contributed by atoms with E-state index in [1.54, 1.807) is 0 Å². The van der Waals surface area contributed by atoms with E-state index in [2.05, 4.69) is 24.3 Å². The molecule has 1 aliphatic heterocycles. The predicted molar refractivity (Wildman–Crippen MR) is 50.0 cm³/mol. The molecule has 1 aliphatic carbocycles. The topological polar surface area (TPSA) is 12.5 Å². The summed E-state index contributed by atoms with van der Waals surface area (Å²) in [5.74, 6) is 0. The Labute approximate surface area is 74.1 Å². The van der Waals surface area contributed by atoms with E-state index in [9.17, 15) is 0 Å². The predicted octanol–water partition coefficient (Wildman–Crippen LogP) is 2.83. The van der Waals surface area contributed by atoms with Gasteiger partial charge in [-0.05, 0) is 32.1 Å². The molecule has 0 saturated carbocycles. The van der Waals surface area contributed by atoms with Crippen LogP contribution in [0.4, 0.5) is 0 Å². The van der Waals surface area contributed by atoms with Gasteiger partial charge in [-0.2, -0.15) is 0 Å². The Morgan fingerprint density at radius 1 is 0.833 bits per heavy atom. The van der Waals surface area contributed by atoms with E-state index in [0.717, 1.165) is 6.42 Å². The van der Waals surface area contributed by atoms with Crippen LogP contribution in [0.3, 0.4) is 0 Å². The molecule has 1 nitrogen and oxygen atoms in total. The third-order valence-corrected chi connectivity index (χ3v) is 2.51. The molecular weight excluding hydrogens is 148 g/mol. The van der Waals surface area contributed by atoms with Crippen molar-refractivity contribution in [2.75, 3.05) is 0 Å². The van der Waals surface area contributed by atoms with Gasteiger partial charge in [-0.25, -0.2) is 0 Å². The lowest BCUT2D eigenvalue weighted by Gasteiger charge is -1.88. The lowest BCUT2D eigenvalue weighted by molar-refractivity contribution is 0.364. The van der Waals surface area contributed by atoms with Crippen LogP contribution in [0.5, 0.6) is 0 Å². The van der Waals surface area contributed by atoms with E-state index < -0.39 is 0 Å². The molecule has 0 N–H and O–H groups in total. The quantitative estimate of drug-likeness (QED) is 0.396. The van der Waals surface area contributed by atoms with Crippen molar-refractivity contribution in [3.63, 3.8) is 0 Å². The van der Waals surface area contributed by atoms with Crippen LogP contribution in [0, 0.1) is 0 Å². The number of rotatable bonds is 0. The molecule has 1 heteroatoms. The summed E-state index contributed by atoms with van der Waals surface area (Å²) in [5.41, 5.74) is 0. The molecule has 0 aromatic rings. The highest BCUT2D eigenvalue weighted by Gasteiger charge is 2.36. The monoisotopic (exact) mass is 164 g/mol. The van der Waals surface area contributed by atoms with Gasteiger partial charge in [-0.3, -0.25) is 0 Å². The van der Waals surface area contributed by atoms with E-state index in [-0.39, 0.29) is 0 Å². The Morgan fingerprint density at radius 2 is 1.58 bits per heavy atom. The lowest BCUT2D eigenvalue weighted by atomic mass is 10.1. The van der Waals surface area contributed by atoms with Crippen LogP contribution in [0.25, 0.3) is 0 Å². The Kier molecular flexibility index (Phi) is 2.62. The van der Waals surface area contributed by atoms with E-state index in [0.29, 0.717) is 12.2 Å². The van der Waals surface area contributed by atoms with Crippen LogP contribution in [0.1, 0.15) is 32.1 Å². The lowest BCUT2D eigenvalue weighted by Crippen LogP contribution is -1.91. The van der Waals surface area contributed by atoms with E-state index in [1.165, 1.54) is 25.7 Å². The number of fused-ring (bicyclic) bond motifs is 1. The summed E-state index contributed by atoms with van der Waals surface area (Å²) < 4.78 is 5.50. The van der Waals surface area contributed by atoms with Gasteiger partial charge in [0.05, 0.1) is 12.2 Å². The van der Waals surface area contributed by atoms with Crippen molar-refractivity contribution in [3.8, 4) is 0 Å². The van der Waals surface area contributed by atoms with Crippen LogP contribution in [-0.4, -0.2) is 12.2 Å². The zero-order chi connectivity index (χ0) is 8.23. The molecule has 2 rings (SSSR count). The first kappa shape index (κ1) is 8.06. The molecular formula is C11H16O. The normalized spacial score (nSPS) is 38.0. The van der Waals surface area contributed by atoms with Crippen LogP contribution >= 0.6 is 0 Å². The van der Waals surface area contributed by atoms with Crippen LogP contribution in [-0.2, 0) is 4.74 Å². The number of allylic oxidation sites excluding steroid dienone is 3. The zero-order valence-electron chi connectivity index (χ0n) is 7.41. The van der Waals surface area contributed by atoms with Crippen molar-refractivity contribution in [1.29, 1.82) is 0 Å². The van der Waals surface area contributed by atoms with Crippen LogP contribution < -0.4 is 0 Å². The van der Waals surface area contributed by atoms with Crippen molar-refractivity contribution in [3.05, 3.63) is 24.3 Å². The van der Waals surface area contributed by atoms with Crippen molar-refractivity contribution >= 4 is 0 Å². The molecule has 12 heavy (non-hydrogen) atoms. The van der Waals surface area contributed by atoms with Gasteiger partial charge in [0.1, 0.15) is 0 Å². The van der Waals surface area contributed by atoms with Gasteiger partial charge in [-0.1, -0.05) is 24.3 Å². The Morgan fingerprint density at radius 3 is 2.50 bits per heavy atom. The number of ether oxygens (including phenoxy) is 1. The first-order chi connectivity index (χ1) is 5.97. The van der Waals surface area contributed by atoms with Gasteiger partial charge in [0.25, 0.3) is 0 Å². The molecule has 1 heterocycles. The molecule has 2 aliphatic rings. The minimum Gasteiger partial charge on any atom is -0.369 e. The molecule has 1 fully saturated rings. The molecule has 66 valence electrons. The second kappa shape index (κ2) is 3.90. The van der Waals surface area contributed by atoms with E-state index >= 15 is 0 Å². The third-order valence-electron chi connectivity index (χ3n) is 2.51. The van der Waals surface area contributed by atoms with Crippen molar-refractivity contribution < 1.29 is 4.74 Å². The average Bonchev–Trinajstić information content (AvgIpc) is 2.78. The summed E-state index contributed by atoms with van der Waals surface area (Å²) in [6.45, 7) is 0. The fourth-order valence-electron chi connectivity index (χ4n) is 1.68. The van der Waals surface area contributed by atoms with Gasteiger partial charge in [0, 0.05) is 0 Å². The molecule has 1 saturated heterocycles. The Hall–Kier alpha value is -0.560. The van der Waals surface area contributed by atoms with Crippen molar-refractivity contribution in [2.45, 2.75) is 44.3 Å². The fourth-order valence-corrected chi connectivity index (χ4v) is 1.68. The molecule has 0 aromatic carbocycles. The van der Waals surface area contributed by atoms with Gasteiger partial charge in [-0.15, -0.1) is 0 Å². The van der Waals surface area contributed by atoms with Gasteiger partial charge in [0.2, 0.25) is 0 Å². The smallest absolute Gasteiger partial charge is 0.0876 e. The Balaban J connectivity index is 1.85. The molecule has 0 amide bonds. The van der Waals surface area contributed by atoms with Crippen LogP contribution in [0.15, 0.2) is 24.3 Å². The zero-order valence-corrected chi connectivity index (χ0v) is 7.41. The van der Waals surface area contributed by atoms with E-state index in [1.807, 2.05) is 0 Å². The van der Waals surface area contributed by atoms with Crippen LogP contribution in [0.2, 0.25) is 0 Å². The summed E-state index contributed by atoms with van der Waals surface area (Å²) in [7, 11) is 0. The molecule has 0 spiro atoms. The summed E-state index contributed by atoms with van der Waals surface area (Å²) in [6, 6.07) is 0. The summed E-state index contributed by atoms with van der Waals surface area (Å²) >= 11 is 0. The highest BCUT2D eigenvalue weighted by Crippen LogP contribution is 2.30. The highest BCUT2D eigenvalue weighted by atomic mass is 16.6. The summed E-state index contributed by atoms with van der Waals surface area (Å²) in [6.07, 6.45) is 16.2. The van der Waals surface area contributed by atoms with Gasteiger partial charge in [0.15, 0.2) is 0 Å². The molecule has 2 unspecified atom stereocenters. The molecule has 0 bridgehead atoms. The maximum Gasteiger partial charge on any atom is 0.0876 e. The van der Waals surface area contributed by atoms with Gasteiger partial charge >= 0.3 is 0 Å². The largest absolute Gasteiger partial charge is 0.369 e.